The number of carbonyl (C=O) groups is 1. The lowest BCUT2D eigenvalue weighted by Gasteiger charge is -2.06. The summed E-state index contributed by atoms with van der Waals surface area (Å²) in [5, 5.41) is 16.3. The predicted octanol–water partition coefficient (Wildman–Crippen LogP) is 3.45. The molecule has 0 saturated heterocycles. The zero-order valence-electron chi connectivity index (χ0n) is 15.3. The van der Waals surface area contributed by atoms with Gasteiger partial charge in [0.2, 0.25) is 5.95 Å². The minimum atomic E-state index is -1.17. The zero-order chi connectivity index (χ0) is 20.1. The monoisotopic (exact) mass is 383 g/mol. The van der Waals surface area contributed by atoms with E-state index in [1.165, 1.54) is 19.3 Å². The zero-order valence-corrected chi connectivity index (χ0v) is 15.3. The smallest absolute Gasteiger partial charge is 0.335 e. The highest BCUT2D eigenvalue weighted by atomic mass is 19.1. The number of aromatic carboxylic acids is 1. The van der Waals surface area contributed by atoms with E-state index in [0.717, 1.165) is 18.3 Å². The van der Waals surface area contributed by atoms with Crippen molar-refractivity contribution in [2.45, 2.75) is 13.5 Å². The number of aromatic nitrogens is 4. The first-order chi connectivity index (χ1) is 13.5. The molecular weight excluding hydrogens is 365 g/mol. The number of carboxylic acids is 1. The molecule has 0 amide bonds. The molecule has 8 nitrogen and oxygen atoms in total. The van der Waals surface area contributed by atoms with Crippen LogP contribution in [0.15, 0.2) is 36.9 Å². The molecule has 144 valence electrons. The van der Waals surface area contributed by atoms with Crippen LogP contribution in [0.1, 0.15) is 28.4 Å². The Balaban J connectivity index is 1.77. The summed E-state index contributed by atoms with van der Waals surface area (Å²) in [6, 6.07) is 2.37. The first kappa shape index (κ1) is 19.0. The van der Waals surface area contributed by atoms with Crippen LogP contribution in [0.4, 0.5) is 16.0 Å². The molecule has 0 saturated carbocycles. The molecule has 0 unspecified atom stereocenters. The Labute approximate surface area is 160 Å². The number of hydrogen-bond donors (Lipinski definition) is 2. The number of halogens is 1. The van der Waals surface area contributed by atoms with E-state index in [0.29, 0.717) is 11.5 Å². The van der Waals surface area contributed by atoms with Gasteiger partial charge in [-0.2, -0.15) is 5.10 Å². The van der Waals surface area contributed by atoms with E-state index in [1.807, 2.05) is 13.1 Å². The number of anilines is 2. The summed E-state index contributed by atoms with van der Waals surface area (Å²) in [4.78, 5) is 19.6. The maximum Gasteiger partial charge on any atom is 0.335 e. The van der Waals surface area contributed by atoms with Crippen LogP contribution < -0.4 is 10.1 Å². The Morgan fingerprint density at radius 2 is 2.04 bits per heavy atom. The number of benzene rings is 1. The van der Waals surface area contributed by atoms with Gasteiger partial charge in [0.1, 0.15) is 0 Å². The fraction of sp³-hybridized carbons (Fsp3) is 0.158. The van der Waals surface area contributed by atoms with E-state index in [9.17, 15) is 9.18 Å². The SMILES string of the molecule is CCn1cc(Nc2ncc(/C=C/c3cc(C(=O)O)cc(OC)c3F)cn2)cn1. The molecule has 0 atom stereocenters. The third-order valence-corrected chi connectivity index (χ3v) is 3.87. The maximum absolute atomic E-state index is 14.3. The molecule has 0 fully saturated rings. The van der Waals surface area contributed by atoms with Gasteiger partial charge in [0.25, 0.3) is 0 Å². The molecule has 0 bridgehead atoms. The third-order valence-electron chi connectivity index (χ3n) is 3.87. The normalized spacial score (nSPS) is 11.0. The molecule has 0 spiro atoms. The molecule has 2 heterocycles. The highest BCUT2D eigenvalue weighted by molar-refractivity contribution is 5.89. The Kier molecular flexibility index (Phi) is 5.64. The highest BCUT2D eigenvalue weighted by Gasteiger charge is 2.13. The van der Waals surface area contributed by atoms with Gasteiger partial charge in [-0.05, 0) is 19.1 Å². The predicted molar refractivity (Wildman–Crippen MR) is 102 cm³/mol. The van der Waals surface area contributed by atoms with Gasteiger partial charge in [-0.1, -0.05) is 12.2 Å². The van der Waals surface area contributed by atoms with Crippen LogP contribution >= 0.6 is 0 Å². The molecule has 0 aliphatic carbocycles. The molecule has 2 aromatic heterocycles. The van der Waals surface area contributed by atoms with Gasteiger partial charge < -0.3 is 15.2 Å². The minimum absolute atomic E-state index is 0.0682. The largest absolute Gasteiger partial charge is 0.494 e. The van der Waals surface area contributed by atoms with Crippen LogP contribution in [-0.4, -0.2) is 37.9 Å². The number of hydrogen-bond acceptors (Lipinski definition) is 6. The number of carboxylic acid groups (broad SMARTS) is 1. The maximum atomic E-state index is 14.3. The van der Waals surface area contributed by atoms with Gasteiger partial charge in [0.15, 0.2) is 11.6 Å². The average molecular weight is 383 g/mol. The van der Waals surface area contributed by atoms with E-state index in [4.69, 9.17) is 9.84 Å². The number of aryl methyl sites for hydroxylation is 1. The topological polar surface area (TPSA) is 102 Å². The van der Waals surface area contributed by atoms with Crippen molar-refractivity contribution in [1.29, 1.82) is 0 Å². The lowest BCUT2D eigenvalue weighted by Crippen LogP contribution is -2.00. The van der Waals surface area contributed by atoms with E-state index in [-0.39, 0.29) is 16.9 Å². The lowest BCUT2D eigenvalue weighted by atomic mass is 10.1. The van der Waals surface area contributed by atoms with E-state index in [2.05, 4.69) is 20.4 Å². The number of methoxy groups -OCH3 is 1. The van der Waals surface area contributed by atoms with E-state index in [1.54, 1.807) is 29.3 Å². The Morgan fingerprint density at radius 3 is 2.64 bits per heavy atom. The van der Waals surface area contributed by atoms with Crippen molar-refractivity contribution in [1.82, 2.24) is 19.7 Å². The van der Waals surface area contributed by atoms with Gasteiger partial charge in [0.05, 0.1) is 24.6 Å². The molecule has 2 N–H and O–H groups in total. The average Bonchev–Trinajstić information content (AvgIpc) is 3.15. The molecule has 9 heteroatoms. The van der Waals surface area contributed by atoms with Crippen molar-refractivity contribution in [3.05, 3.63) is 59.4 Å². The number of ether oxygens (including phenoxy) is 1. The van der Waals surface area contributed by atoms with Crippen molar-refractivity contribution in [3.63, 3.8) is 0 Å². The second-order valence-electron chi connectivity index (χ2n) is 5.77. The summed E-state index contributed by atoms with van der Waals surface area (Å²) in [5.74, 6) is -1.55. The van der Waals surface area contributed by atoms with Crippen molar-refractivity contribution in [2.75, 3.05) is 12.4 Å². The fourth-order valence-corrected chi connectivity index (χ4v) is 2.42. The van der Waals surface area contributed by atoms with Gasteiger partial charge >= 0.3 is 5.97 Å². The Hall–Kier alpha value is -3.75. The van der Waals surface area contributed by atoms with Crippen LogP contribution in [0.5, 0.6) is 5.75 Å². The van der Waals surface area contributed by atoms with Crippen molar-refractivity contribution in [3.8, 4) is 5.75 Å². The van der Waals surface area contributed by atoms with Crippen LogP contribution in [-0.2, 0) is 6.54 Å². The molecule has 1 aromatic carbocycles. The van der Waals surface area contributed by atoms with E-state index >= 15 is 0 Å². The summed E-state index contributed by atoms with van der Waals surface area (Å²) in [5.41, 5.74) is 1.41. The van der Waals surface area contributed by atoms with E-state index < -0.39 is 11.8 Å². The molecule has 28 heavy (non-hydrogen) atoms. The summed E-state index contributed by atoms with van der Waals surface area (Å²) in [6.45, 7) is 2.75. The summed E-state index contributed by atoms with van der Waals surface area (Å²) >= 11 is 0. The Morgan fingerprint density at radius 1 is 1.29 bits per heavy atom. The number of nitrogens with one attached hydrogen (secondary N) is 1. The lowest BCUT2D eigenvalue weighted by molar-refractivity contribution is 0.0696. The molecule has 0 aliphatic heterocycles. The molecule has 3 aromatic rings. The standard InChI is InChI=1S/C19H18FN5O3/c1-3-25-11-15(10-23-25)24-19-21-8-12(9-22-19)4-5-13-6-14(18(26)27)7-16(28-2)17(13)20/h4-11H,3H2,1-2H3,(H,26,27)(H,21,22,24)/b5-4+. The molecule has 3 rings (SSSR count). The van der Waals surface area contributed by atoms with Crippen molar-refractivity contribution in [2.24, 2.45) is 0 Å². The summed E-state index contributed by atoms with van der Waals surface area (Å²) in [6.07, 6.45) is 9.66. The number of nitrogens with zero attached hydrogens (tertiary/aromatic N) is 4. The molecule has 0 radical (unpaired) electrons. The van der Waals surface area contributed by atoms with Gasteiger partial charge in [-0.15, -0.1) is 0 Å². The first-order valence-electron chi connectivity index (χ1n) is 8.40. The van der Waals surface area contributed by atoms with Crippen molar-refractivity contribution >= 4 is 29.8 Å². The van der Waals surface area contributed by atoms with Gasteiger partial charge in [-0.25, -0.2) is 19.2 Å². The van der Waals surface area contributed by atoms with Crippen LogP contribution in [0.25, 0.3) is 12.2 Å². The Bertz CT molecular complexity index is 1010. The highest BCUT2D eigenvalue weighted by Crippen LogP contribution is 2.25. The second-order valence-corrected chi connectivity index (χ2v) is 5.77. The number of rotatable bonds is 7. The summed E-state index contributed by atoms with van der Waals surface area (Å²) < 4.78 is 21.0. The van der Waals surface area contributed by atoms with Crippen LogP contribution in [0.2, 0.25) is 0 Å². The van der Waals surface area contributed by atoms with Crippen molar-refractivity contribution < 1.29 is 19.0 Å². The summed E-state index contributed by atoms with van der Waals surface area (Å²) in [7, 11) is 1.28. The molecule has 0 aliphatic rings. The van der Waals surface area contributed by atoms with Crippen LogP contribution in [0, 0.1) is 5.82 Å². The third kappa shape index (κ3) is 4.32. The second kappa shape index (κ2) is 8.30. The fourth-order valence-electron chi connectivity index (χ4n) is 2.42. The first-order valence-corrected chi connectivity index (χ1v) is 8.40. The minimum Gasteiger partial charge on any atom is -0.494 e. The van der Waals surface area contributed by atoms with Gasteiger partial charge in [-0.3, -0.25) is 4.68 Å². The van der Waals surface area contributed by atoms with Crippen LogP contribution in [0.3, 0.4) is 0 Å². The molecular formula is C19H18FN5O3. The quantitative estimate of drug-likeness (QED) is 0.644. The van der Waals surface area contributed by atoms with Gasteiger partial charge in [0, 0.05) is 36.3 Å².